The normalized spacial score (nSPS) is 46.7. The lowest BCUT2D eigenvalue weighted by atomic mass is 9.46. The maximum Gasteiger partial charge on any atom is 0.449 e. The highest BCUT2D eigenvalue weighted by atomic mass is 19.4. The van der Waals surface area contributed by atoms with Crippen LogP contribution in [0, 0.1) is 23.7 Å². The van der Waals surface area contributed by atoms with Crippen LogP contribution in [0.3, 0.4) is 0 Å². The van der Waals surface area contributed by atoms with Crippen LogP contribution in [0.15, 0.2) is 0 Å². The molecule has 4 atom stereocenters. The number of ether oxygens (including phenoxy) is 3. The molecule has 0 radical (unpaired) electrons. The van der Waals surface area contributed by atoms with Crippen LogP contribution in [0.2, 0.25) is 0 Å². The summed E-state index contributed by atoms with van der Waals surface area (Å²) in [6, 6.07) is 0. The molecular formula is C19H25F5O5. The van der Waals surface area contributed by atoms with Crippen molar-refractivity contribution in [1.29, 1.82) is 0 Å². The maximum atomic E-state index is 15.4. The summed E-state index contributed by atoms with van der Waals surface area (Å²) in [6.45, 7) is 2.46. The van der Waals surface area contributed by atoms with Gasteiger partial charge in [-0.25, -0.2) is 0 Å². The molecular weight excluding hydrogens is 403 g/mol. The number of esters is 1. The van der Waals surface area contributed by atoms with Crippen molar-refractivity contribution in [3.8, 4) is 0 Å². The summed E-state index contributed by atoms with van der Waals surface area (Å²) >= 11 is 0. The van der Waals surface area contributed by atoms with Gasteiger partial charge >= 0.3 is 23.9 Å². The van der Waals surface area contributed by atoms with Crippen molar-refractivity contribution in [1.82, 2.24) is 0 Å². The van der Waals surface area contributed by atoms with Gasteiger partial charge in [-0.15, -0.1) is 0 Å². The van der Waals surface area contributed by atoms with Gasteiger partial charge in [0, 0.05) is 0 Å². The van der Waals surface area contributed by atoms with Crippen molar-refractivity contribution >= 4 is 5.97 Å². The van der Waals surface area contributed by atoms with Gasteiger partial charge in [0.15, 0.2) is 6.79 Å². The van der Waals surface area contributed by atoms with E-state index in [0.717, 1.165) is 0 Å². The van der Waals surface area contributed by atoms with E-state index in [1.165, 1.54) is 0 Å². The first-order valence-electron chi connectivity index (χ1n) is 9.99. The van der Waals surface area contributed by atoms with Gasteiger partial charge in [0.2, 0.25) is 0 Å². The molecule has 5 rings (SSSR count). The summed E-state index contributed by atoms with van der Waals surface area (Å²) < 4.78 is 86.2. The van der Waals surface area contributed by atoms with Crippen molar-refractivity contribution in [3.63, 3.8) is 0 Å². The zero-order valence-corrected chi connectivity index (χ0v) is 16.2. The number of aliphatic hydroxyl groups is 1. The van der Waals surface area contributed by atoms with E-state index in [4.69, 9.17) is 9.47 Å². The maximum absolute atomic E-state index is 15.4. The van der Waals surface area contributed by atoms with Crippen LogP contribution >= 0.6 is 0 Å². The molecule has 10 heteroatoms. The van der Waals surface area contributed by atoms with Crippen molar-refractivity contribution in [3.05, 3.63) is 0 Å². The molecule has 0 amide bonds. The first kappa shape index (κ1) is 21.2. The number of hydrogen-bond acceptors (Lipinski definition) is 5. The van der Waals surface area contributed by atoms with E-state index in [9.17, 15) is 23.1 Å². The number of carbonyl (C=O) groups excluding carboxylic acids is 1. The predicted molar refractivity (Wildman–Crippen MR) is 87.6 cm³/mol. The zero-order chi connectivity index (χ0) is 21.5. The van der Waals surface area contributed by atoms with E-state index in [0.29, 0.717) is 12.8 Å². The number of carbonyl (C=O) groups is 1. The monoisotopic (exact) mass is 428 g/mol. The van der Waals surface area contributed by atoms with Crippen molar-refractivity contribution < 1.29 is 46.1 Å². The Labute approximate surface area is 164 Å². The van der Waals surface area contributed by atoms with Crippen LogP contribution in [-0.4, -0.2) is 47.0 Å². The molecule has 0 aromatic rings. The van der Waals surface area contributed by atoms with Gasteiger partial charge in [0.05, 0.1) is 5.92 Å². The first-order valence-corrected chi connectivity index (χ1v) is 9.99. The number of halogens is 5. The topological polar surface area (TPSA) is 65.0 Å². The van der Waals surface area contributed by atoms with Crippen LogP contribution < -0.4 is 0 Å². The van der Waals surface area contributed by atoms with Gasteiger partial charge in [0.25, 0.3) is 0 Å². The van der Waals surface area contributed by atoms with Crippen LogP contribution in [0.25, 0.3) is 0 Å². The van der Waals surface area contributed by atoms with Crippen LogP contribution in [0.4, 0.5) is 22.0 Å². The van der Waals surface area contributed by atoms with E-state index < -0.39 is 53.7 Å². The summed E-state index contributed by atoms with van der Waals surface area (Å²) in [5, 5.41) is 9.94. The molecule has 1 heterocycles. The molecule has 4 bridgehead atoms. The molecule has 0 aromatic carbocycles. The number of hydrogen-bond donors (Lipinski definition) is 1. The lowest BCUT2D eigenvalue weighted by molar-refractivity contribution is -0.521. The second kappa shape index (κ2) is 6.26. The molecule has 1 N–H and O–H groups in total. The van der Waals surface area contributed by atoms with Gasteiger partial charge in [-0.05, 0) is 56.3 Å². The van der Waals surface area contributed by atoms with Gasteiger partial charge in [0.1, 0.15) is 11.2 Å². The second-order valence-electron chi connectivity index (χ2n) is 9.17. The van der Waals surface area contributed by atoms with Gasteiger partial charge in [-0.2, -0.15) is 22.0 Å². The molecule has 166 valence electrons. The Balaban J connectivity index is 1.70. The smallest absolute Gasteiger partial charge is 0.449 e. The Morgan fingerprint density at radius 3 is 2.28 bits per heavy atom. The molecule has 4 saturated carbocycles. The summed E-state index contributed by atoms with van der Waals surface area (Å²) in [4.78, 5) is 12.4. The van der Waals surface area contributed by atoms with Crippen LogP contribution in [-0.2, 0) is 19.0 Å². The minimum absolute atomic E-state index is 0.00823. The van der Waals surface area contributed by atoms with Gasteiger partial charge < -0.3 is 19.3 Å². The van der Waals surface area contributed by atoms with Crippen LogP contribution in [0.1, 0.15) is 52.4 Å². The van der Waals surface area contributed by atoms with Crippen molar-refractivity contribution in [2.75, 3.05) is 6.79 Å². The highest BCUT2D eigenvalue weighted by Crippen LogP contribution is 2.69. The van der Waals surface area contributed by atoms with Crippen molar-refractivity contribution in [2.24, 2.45) is 23.7 Å². The van der Waals surface area contributed by atoms with E-state index in [2.05, 4.69) is 4.74 Å². The standard InChI is InChI=1S/C19H25F5O5/c1-3-10(2)14(25)29-15-6-11-4-12(7-15)16(13(5-11)8-15)17(20,21)18(26,19(22,23)24)28-9-27-16/h10-13,26H,3-9H2,1-2H3. The summed E-state index contributed by atoms with van der Waals surface area (Å²) in [5.41, 5.74) is -3.46. The van der Waals surface area contributed by atoms with Crippen molar-refractivity contribution in [2.45, 2.75) is 81.5 Å². The van der Waals surface area contributed by atoms with Gasteiger partial charge in [-0.3, -0.25) is 4.79 Å². The fourth-order valence-electron chi connectivity index (χ4n) is 6.17. The second-order valence-corrected chi connectivity index (χ2v) is 9.17. The van der Waals surface area contributed by atoms with E-state index in [1.807, 2.05) is 6.92 Å². The quantitative estimate of drug-likeness (QED) is 0.548. The lowest BCUT2D eigenvalue weighted by Crippen LogP contribution is -2.81. The summed E-state index contributed by atoms with van der Waals surface area (Å²) in [6.07, 6.45) is -4.15. The summed E-state index contributed by atoms with van der Waals surface area (Å²) in [7, 11) is 0. The van der Waals surface area contributed by atoms with E-state index in [1.54, 1.807) is 6.92 Å². The number of rotatable bonds is 3. The Hall–Kier alpha value is -1.00. The third-order valence-corrected chi connectivity index (χ3v) is 7.54. The first-order chi connectivity index (χ1) is 13.3. The highest BCUT2D eigenvalue weighted by molar-refractivity contribution is 5.72. The molecule has 1 aliphatic heterocycles. The third-order valence-electron chi connectivity index (χ3n) is 7.54. The molecule has 4 unspecified atom stereocenters. The SMILES string of the molecule is CCC(C)C(=O)OC12CC3CC(C1)C1(OCOC(O)(C(F)(F)F)C1(F)F)C(C3)C2. The average Bonchev–Trinajstić information content (AvgIpc) is 2.60. The molecule has 1 spiro atoms. The molecule has 4 aliphatic carbocycles. The average molecular weight is 428 g/mol. The minimum atomic E-state index is -5.69. The Bertz CT molecular complexity index is 679. The molecule has 29 heavy (non-hydrogen) atoms. The zero-order valence-electron chi connectivity index (χ0n) is 16.2. The highest BCUT2D eigenvalue weighted by Gasteiger charge is 2.85. The summed E-state index contributed by atoms with van der Waals surface area (Å²) in [5.74, 6) is -12.1. The van der Waals surface area contributed by atoms with Crippen LogP contribution in [0.5, 0.6) is 0 Å². The predicted octanol–water partition coefficient (Wildman–Crippen LogP) is 3.78. The molecule has 1 saturated heterocycles. The Morgan fingerprint density at radius 1 is 1.17 bits per heavy atom. The number of alkyl halides is 5. The minimum Gasteiger partial charge on any atom is -0.459 e. The Kier molecular flexibility index (Phi) is 4.58. The van der Waals surface area contributed by atoms with E-state index >= 15 is 8.78 Å². The Morgan fingerprint density at radius 2 is 1.76 bits per heavy atom. The molecule has 5 aliphatic rings. The largest absolute Gasteiger partial charge is 0.459 e. The fourth-order valence-corrected chi connectivity index (χ4v) is 6.17. The van der Waals surface area contributed by atoms with E-state index in [-0.39, 0.29) is 37.5 Å². The molecule has 5 nitrogen and oxygen atoms in total. The third kappa shape index (κ3) is 2.64. The molecule has 5 fully saturated rings. The van der Waals surface area contributed by atoms with Gasteiger partial charge in [-0.1, -0.05) is 13.8 Å². The lowest BCUT2D eigenvalue weighted by Gasteiger charge is -2.67. The fraction of sp³-hybridized carbons (Fsp3) is 0.947. The molecule has 0 aromatic heterocycles.